The summed E-state index contributed by atoms with van der Waals surface area (Å²) in [4.78, 5) is 35.0. The van der Waals surface area contributed by atoms with E-state index in [9.17, 15) is 19.7 Å². The maximum Gasteiger partial charge on any atom is 0.338 e. The van der Waals surface area contributed by atoms with Gasteiger partial charge in [-0.1, -0.05) is 6.07 Å². The van der Waals surface area contributed by atoms with Gasteiger partial charge in [-0.05, 0) is 37.4 Å². The van der Waals surface area contributed by atoms with E-state index in [0.29, 0.717) is 5.56 Å². The summed E-state index contributed by atoms with van der Waals surface area (Å²) >= 11 is 1.52. The third-order valence-corrected chi connectivity index (χ3v) is 4.37. The number of hydrogen-bond donors (Lipinski definition) is 1. The highest BCUT2D eigenvalue weighted by molar-refractivity contribution is 7.10. The first-order valence-corrected chi connectivity index (χ1v) is 8.01. The molecule has 126 valence electrons. The Kier molecular flexibility index (Phi) is 5.64. The lowest BCUT2D eigenvalue weighted by Gasteiger charge is -2.12. The Morgan fingerprint density at radius 3 is 2.71 bits per heavy atom. The van der Waals surface area contributed by atoms with Gasteiger partial charge in [0.2, 0.25) is 0 Å². The molecule has 24 heavy (non-hydrogen) atoms. The Hall–Kier alpha value is -2.74. The van der Waals surface area contributed by atoms with Crippen molar-refractivity contribution >= 4 is 28.9 Å². The Morgan fingerprint density at radius 2 is 2.12 bits per heavy atom. The fraction of sp³-hybridized carbons (Fsp3) is 0.250. The summed E-state index contributed by atoms with van der Waals surface area (Å²) < 4.78 is 4.95. The third kappa shape index (κ3) is 4.39. The van der Waals surface area contributed by atoms with Crippen molar-refractivity contribution in [3.8, 4) is 0 Å². The molecule has 0 saturated carbocycles. The Labute approximate surface area is 142 Å². The van der Waals surface area contributed by atoms with E-state index in [2.05, 4.69) is 5.32 Å². The van der Waals surface area contributed by atoms with Gasteiger partial charge in [0.05, 0.1) is 16.5 Å². The monoisotopic (exact) mass is 348 g/mol. The summed E-state index contributed by atoms with van der Waals surface area (Å²) in [5, 5.41) is 15.4. The van der Waals surface area contributed by atoms with Crippen molar-refractivity contribution in [1.29, 1.82) is 0 Å². The fourth-order valence-corrected chi connectivity index (χ4v) is 2.83. The van der Waals surface area contributed by atoms with Gasteiger partial charge in [-0.25, -0.2) is 4.79 Å². The van der Waals surface area contributed by atoms with E-state index < -0.39 is 23.4 Å². The number of benzene rings is 1. The summed E-state index contributed by atoms with van der Waals surface area (Å²) in [6, 6.07) is 7.54. The molecule has 8 heteroatoms. The Balaban J connectivity index is 1.89. The summed E-state index contributed by atoms with van der Waals surface area (Å²) in [7, 11) is 0. The number of nitrogens with one attached hydrogen (secondary N) is 1. The van der Waals surface area contributed by atoms with E-state index >= 15 is 0 Å². The normalized spacial score (nSPS) is 11.6. The number of rotatable bonds is 6. The first kappa shape index (κ1) is 17.6. The minimum atomic E-state index is -0.702. The molecule has 0 aliphatic rings. The van der Waals surface area contributed by atoms with Crippen molar-refractivity contribution in [1.82, 2.24) is 5.32 Å². The maximum absolute atomic E-state index is 11.9. The van der Waals surface area contributed by atoms with Gasteiger partial charge in [-0.3, -0.25) is 14.9 Å². The van der Waals surface area contributed by atoms with E-state index in [1.54, 1.807) is 0 Å². The molecule has 0 radical (unpaired) electrons. The van der Waals surface area contributed by atoms with Crippen LogP contribution in [0.4, 0.5) is 5.69 Å². The van der Waals surface area contributed by atoms with Crippen LogP contribution in [0.1, 0.15) is 33.8 Å². The van der Waals surface area contributed by atoms with Crippen molar-refractivity contribution in [3.63, 3.8) is 0 Å². The van der Waals surface area contributed by atoms with Crippen molar-refractivity contribution < 1.29 is 19.2 Å². The molecule has 0 saturated heterocycles. The van der Waals surface area contributed by atoms with Crippen LogP contribution in [0.15, 0.2) is 35.7 Å². The topological polar surface area (TPSA) is 98.5 Å². The number of nitro groups is 1. The average Bonchev–Trinajstić information content (AvgIpc) is 3.06. The van der Waals surface area contributed by atoms with Gasteiger partial charge >= 0.3 is 5.97 Å². The molecule has 0 aliphatic carbocycles. The first-order chi connectivity index (χ1) is 11.4. The molecule has 0 aliphatic heterocycles. The molecular weight excluding hydrogens is 332 g/mol. The zero-order valence-electron chi connectivity index (χ0n) is 13.1. The van der Waals surface area contributed by atoms with Crippen LogP contribution in [0, 0.1) is 17.0 Å². The highest BCUT2D eigenvalue weighted by Gasteiger charge is 2.16. The van der Waals surface area contributed by atoms with Crippen LogP contribution in [0.2, 0.25) is 0 Å². The minimum absolute atomic E-state index is 0.0749. The molecule has 1 atom stereocenters. The summed E-state index contributed by atoms with van der Waals surface area (Å²) in [5.74, 6) is -1.12. The van der Waals surface area contributed by atoms with Crippen molar-refractivity contribution in [2.75, 3.05) is 6.61 Å². The zero-order chi connectivity index (χ0) is 17.7. The fourth-order valence-electron chi connectivity index (χ4n) is 2.09. The third-order valence-electron chi connectivity index (χ3n) is 3.31. The van der Waals surface area contributed by atoms with Crippen molar-refractivity contribution in [2.45, 2.75) is 19.9 Å². The summed E-state index contributed by atoms with van der Waals surface area (Å²) in [5.41, 5.74) is 0.441. The molecule has 1 amide bonds. The highest BCUT2D eigenvalue weighted by atomic mass is 32.1. The van der Waals surface area contributed by atoms with Crippen LogP contribution in [-0.4, -0.2) is 23.4 Å². The molecule has 0 fully saturated rings. The number of ether oxygens (including phenoxy) is 1. The van der Waals surface area contributed by atoms with E-state index in [1.165, 1.54) is 36.5 Å². The number of nitrogens with zero attached hydrogens (tertiary/aromatic N) is 1. The van der Waals surface area contributed by atoms with Crippen LogP contribution in [0.5, 0.6) is 0 Å². The number of carbonyl (C=O) groups excluding carboxylic acids is 2. The SMILES string of the molecule is Cc1cc(C(=O)OCC(=O)N[C@H](C)c2cccs2)ccc1[N+](=O)[O-]. The minimum Gasteiger partial charge on any atom is -0.452 e. The molecule has 0 unspecified atom stereocenters. The molecule has 1 N–H and O–H groups in total. The van der Waals surface area contributed by atoms with E-state index in [4.69, 9.17) is 4.74 Å². The Bertz CT molecular complexity index is 758. The van der Waals surface area contributed by atoms with Gasteiger partial charge in [0.25, 0.3) is 11.6 Å². The van der Waals surface area contributed by atoms with Gasteiger partial charge in [-0.2, -0.15) is 0 Å². The van der Waals surface area contributed by atoms with Crippen LogP contribution in [0.3, 0.4) is 0 Å². The molecule has 1 heterocycles. The average molecular weight is 348 g/mol. The van der Waals surface area contributed by atoms with Gasteiger partial charge in [0.1, 0.15) is 0 Å². The molecule has 1 aromatic carbocycles. The van der Waals surface area contributed by atoms with Crippen molar-refractivity contribution in [2.24, 2.45) is 0 Å². The quantitative estimate of drug-likeness (QED) is 0.491. The van der Waals surface area contributed by atoms with Crippen LogP contribution < -0.4 is 5.32 Å². The molecule has 1 aromatic heterocycles. The largest absolute Gasteiger partial charge is 0.452 e. The predicted octanol–water partition coefficient (Wildman–Crippen LogP) is 3.00. The lowest BCUT2D eigenvalue weighted by atomic mass is 10.1. The van der Waals surface area contributed by atoms with E-state index in [1.807, 2.05) is 24.4 Å². The van der Waals surface area contributed by atoms with Gasteiger partial charge in [-0.15, -0.1) is 11.3 Å². The van der Waals surface area contributed by atoms with Gasteiger partial charge in [0, 0.05) is 16.5 Å². The number of carbonyl (C=O) groups is 2. The number of aryl methyl sites for hydroxylation is 1. The number of nitro benzene ring substituents is 1. The second kappa shape index (κ2) is 7.69. The molecule has 0 spiro atoms. The highest BCUT2D eigenvalue weighted by Crippen LogP contribution is 2.19. The maximum atomic E-state index is 11.9. The van der Waals surface area contributed by atoms with Crippen LogP contribution in [0.25, 0.3) is 0 Å². The lowest BCUT2D eigenvalue weighted by molar-refractivity contribution is -0.385. The molecule has 2 rings (SSSR count). The predicted molar refractivity (Wildman–Crippen MR) is 89.0 cm³/mol. The second-order valence-electron chi connectivity index (χ2n) is 5.14. The van der Waals surface area contributed by atoms with Crippen LogP contribution in [-0.2, 0) is 9.53 Å². The number of thiophene rings is 1. The van der Waals surface area contributed by atoms with E-state index in [-0.39, 0.29) is 17.3 Å². The van der Waals surface area contributed by atoms with Crippen molar-refractivity contribution in [3.05, 3.63) is 61.8 Å². The molecule has 7 nitrogen and oxygen atoms in total. The second-order valence-corrected chi connectivity index (χ2v) is 6.12. The molecule has 0 bridgehead atoms. The summed E-state index contributed by atoms with van der Waals surface area (Å²) in [6.07, 6.45) is 0. The lowest BCUT2D eigenvalue weighted by Crippen LogP contribution is -2.30. The zero-order valence-corrected chi connectivity index (χ0v) is 14.0. The summed E-state index contributed by atoms with van der Waals surface area (Å²) in [6.45, 7) is 2.96. The number of hydrogen-bond acceptors (Lipinski definition) is 6. The number of esters is 1. The molecular formula is C16H16N2O5S. The van der Waals surface area contributed by atoms with Gasteiger partial charge in [0.15, 0.2) is 6.61 Å². The van der Waals surface area contributed by atoms with Crippen LogP contribution >= 0.6 is 11.3 Å². The van der Waals surface area contributed by atoms with Gasteiger partial charge < -0.3 is 10.1 Å². The number of amides is 1. The first-order valence-electron chi connectivity index (χ1n) is 7.13. The molecule has 2 aromatic rings. The van der Waals surface area contributed by atoms with E-state index in [0.717, 1.165) is 4.88 Å². The smallest absolute Gasteiger partial charge is 0.338 e. The standard InChI is InChI=1S/C16H16N2O5S/c1-10-8-12(5-6-13(10)18(21)22)16(20)23-9-15(19)17-11(2)14-4-3-7-24-14/h3-8,11H,9H2,1-2H3,(H,17,19)/t11-/m1/s1. The Morgan fingerprint density at radius 1 is 1.38 bits per heavy atom.